The van der Waals surface area contributed by atoms with Gasteiger partial charge < -0.3 is 10.4 Å². The molecule has 0 fully saturated rings. The third-order valence-corrected chi connectivity index (χ3v) is 2.56. The molecular formula is C11H20N4O. The van der Waals surface area contributed by atoms with Crippen LogP contribution in [-0.2, 0) is 6.54 Å². The number of hydrogen-bond acceptors (Lipinski definition) is 5. The van der Waals surface area contributed by atoms with Gasteiger partial charge in [0.2, 0.25) is 0 Å². The van der Waals surface area contributed by atoms with Crippen LogP contribution in [0.4, 0.5) is 5.82 Å². The average molecular weight is 224 g/mol. The van der Waals surface area contributed by atoms with Crippen LogP contribution in [-0.4, -0.2) is 46.7 Å². The number of aryl methyl sites for hydroxylation is 1. The molecule has 1 atom stereocenters. The predicted octanol–water partition coefficient (Wildman–Crippen LogP) is 0.639. The van der Waals surface area contributed by atoms with E-state index in [9.17, 15) is 0 Å². The molecule has 0 bridgehead atoms. The highest BCUT2D eigenvalue weighted by atomic mass is 16.3. The molecule has 16 heavy (non-hydrogen) atoms. The van der Waals surface area contributed by atoms with Gasteiger partial charge in [0.25, 0.3) is 0 Å². The standard InChI is InChI=1S/C11H20N4O/c1-8-5-10(12-3)14-11(13-8)6-15(4)9(2)7-16/h5,9,16H,6-7H2,1-4H3,(H,12,13,14). The van der Waals surface area contributed by atoms with Crippen LogP contribution in [0.2, 0.25) is 0 Å². The van der Waals surface area contributed by atoms with Crippen molar-refractivity contribution in [3.63, 3.8) is 0 Å². The maximum atomic E-state index is 9.04. The Labute approximate surface area is 96.5 Å². The number of nitrogens with one attached hydrogen (secondary N) is 1. The van der Waals surface area contributed by atoms with Gasteiger partial charge in [-0.05, 0) is 20.9 Å². The first-order valence-electron chi connectivity index (χ1n) is 5.40. The Kier molecular flexibility index (Phi) is 4.64. The van der Waals surface area contributed by atoms with Crippen molar-refractivity contribution < 1.29 is 5.11 Å². The molecule has 90 valence electrons. The number of aliphatic hydroxyl groups excluding tert-OH is 1. The zero-order chi connectivity index (χ0) is 12.1. The first-order valence-corrected chi connectivity index (χ1v) is 5.40. The minimum Gasteiger partial charge on any atom is -0.395 e. The summed E-state index contributed by atoms with van der Waals surface area (Å²) in [6, 6.07) is 2.01. The van der Waals surface area contributed by atoms with Gasteiger partial charge in [0.05, 0.1) is 13.2 Å². The Hall–Kier alpha value is -1.20. The van der Waals surface area contributed by atoms with E-state index in [4.69, 9.17) is 5.11 Å². The number of nitrogens with zero attached hydrogens (tertiary/aromatic N) is 3. The van der Waals surface area contributed by atoms with Crippen LogP contribution in [0.15, 0.2) is 6.07 Å². The van der Waals surface area contributed by atoms with Gasteiger partial charge in [-0.15, -0.1) is 0 Å². The van der Waals surface area contributed by atoms with E-state index < -0.39 is 0 Å². The molecule has 0 spiro atoms. The zero-order valence-electron chi connectivity index (χ0n) is 10.4. The Morgan fingerprint density at radius 3 is 2.75 bits per heavy atom. The summed E-state index contributed by atoms with van der Waals surface area (Å²) >= 11 is 0. The lowest BCUT2D eigenvalue weighted by Gasteiger charge is -2.22. The van der Waals surface area contributed by atoms with Crippen molar-refractivity contribution in [3.05, 3.63) is 17.6 Å². The lowest BCUT2D eigenvalue weighted by atomic mass is 10.3. The lowest BCUT2D eigenvalue weighted by Crippen LogP contribution is -2.32. The van der Waals surface area contributed by atoms with Crippen LogP contribution in [0.5, 0.6) is 0 Å². The molecule has 0 aliphatic rings. The number of rotatable bonds is 5. The number of aliphatic hydroxyl groups is 1. The molecule has 1 aromatic rings. The molecule has 0 amide bonds. The van der Waals surface area contributed by atoms with Gasteiger partial charge in [-0.3, -0.25) is 4.90 Å². The van der Waals surface area contributed by atoms with E-state index in [2.05, 4.69) is 15.3 Å². The van der Waals surface area contributed by atoms with Crippen molar-refractivity contribution >= 4 is 5.82 Å². The third kappa shape index (κ3) is 3.43. The van der Waals surface area contributed by atoms with E-state index in [1.807, 2.05) is 38.9 Å². The van der Waals surface area contributed by atoms with Gasteiger partial charge in [-0.2, -0.15) is 0 Å². The summed E-state index contributed by atoms with van der Waals surface area (Å²) in [6.07, 6.45) is 0. The van der Waals surface area contributed by atoms with Crippen LogP contribution in [0, 0.1) is 6.92 Å². The molecule has 0 radical (unpaired) electrons. The van der Waals surface area contributed by atoms with Crippen LogP contribution in [0.25, 0.3) is 0 Å². The molecule has 5 heteroatoms. The zero-order valence-corrected chi connectivity index (χ0v) is 10.4. The second kappa shape index (κ2) is 5.77. The number of aromatic nitrogens is 2. The molecule has 0 aromatic carbocycles. The Morgan fingerprint density at radius 2 is 2.19 bits per heavy atom. The van der Waals surface area contributed by atoms with E-state index in [1.54, 1.807) is 0 Å². The first kappa shape index (κ1) is 12.9. The normalized spacial score (nSPS) is 12.9. The molecule has 0 saturated carbocycles. The maximum Gasteiger partial charge on any atom is 0.144 e. The second-order valence-electron chi connectivity index (χ2n) is 4.01. The van der Waals surface area contributed by atoms with E-state index in [0.717, 1.165) is 17.3 Å². The highest BCUT2D eigenvalue weighted by Gasteiger charge is 2.10. The Balaban J connectivity index is 2.76. The van der Waals surface area contributed by atoms with Crippen molar-refractivity contribution in [1.82, 2.24) is 14.9 Å². The smallest absolute Gasteiger partial charge is 0.144 e. The predicted molar refractivity (Wildman–Crippen MR) is 64.3 cm³/mol. The first-order chi connectivity index (χ1) is 7.56. The molecule has 0 aliphatic heterocycles. The van der Waals surface area contributed by atoms with Gasteiger partial charge >= 0.3 is 0 Å². The summed E-state index contributed by atoms with van der Waals surface area (Å²) in [5, 5.41) is 12.0. The van der Waals surface area contributed by atoms with Crippen molar-refractivity contribution in [3.8, 4) is 0 Å². The molecule has 0 saturated heterocycles. The molecule has 1 heterocycles. The largest absolute Gasteiger partial charge is 0.395 e. The summed E-state index contributed by atoms with van der Waals surface area (Å²) in [6.45, 7) is 4.69. The van der Waals surface area contributed by atoms with Crippen molar-refractivity contribution in [2.45, 2.75) is 26.4 Å². The topological polar surface area (TPSA) is 61.3 Å². The van der Waals surface area contributed by atoms with E-state index >= 15 is 0 Å². The number of likely N-dealkylation sites (N-methyl/N-ethyl adjacent to an activating group) is 1. The van der Waals surface area contributed by atoms with Gasteiger partial charge in [-0.1, -0.05) is 0 Å². The van der Waals surface area contributed by atoms with Crippen molar-refractivity contribution in [2.75, 3.05) is 26.0 Å². The second-order valence-corrected chi connectivity index (χ2v) is 4.01. The summed E-state index contributed by atoms with van der Waals surface area (Å²) in [4.78, 5) is 10.7. The molecular weight excluding hydrogens is 204 g/mol. The molecule has 5 nitrogen and oxygen atoms in total. The lowest BCUT2D eigenvalue weighted by molar-refractivity contribution is 0.151. The third-order valence-electron chi connectivity index (χ3n) is 2.56. The minimum absolute atomic E-state index is 0.113. The molecule has 0 aliphatic carbocycles. The van der Waals surface area contributed by atoms with Crippen molar-refractivity contribution in [1.29, 1.82) is 0 Å². The summed E-state index contributed by atoms with van der Waals surface area (Å²) in [5.74, 6) is 1.60. The van der Waals surface area contributed by atoms with E-state index in [0.29, 0.717) is 6.54 Å². The van der Waals surface area contributed by atoms with Gasteiger partial charge in [0.1, 0.15) is 11.6 Å². The van der Waals surface area contributed by atoms with Crippen LogP contribution in [0.1, 0.15) is 18.4 Å². The molecule has 1 rings (SSSR count). The van der Waals surface area contributed by atoms with E-state index in [-0.39, 0.29) is 12.6 Å². The summed E-state index contributed by atoms with van der Waals surface area (Å²) < 4.78 is 0. The highest BCUT2D eigenvalue weighted by Crippen LogP contribution is 2.08. The summed E-state index contributed by atoms with van der Waals surface area (Å²) in [7, 11) is 3.79. The van der Waals surface area contributed by atoms with Crippen LogP contribution in [0.3, 0.4) is 0 Å². The summed E-state index contributed by atoms with van der Waals surface area (Å²) in [5.41, 5.74) is 0.944. The molecule has 1 aromatic heterocycles. The molecule has 2 N–H and O–H groups in total. The minimum atomic E-state index is 0.113. The van der Waals surface area contributed by atoms with Crippen LogP contribution < -0.4 is 5.32 Å². The number of hydrogen-bond donors (Lipinski definition) is 2. The van der Waals surface area contributed by atoms with Gasteiger partial charge in [0, 0.05) is 24.8 Å². The highest BCUT2D eigenvalue weighted by molar-refractivity contribution is 5.34. The quantitative estimate of drug-likeness (QED) is 0.768. The fraction of sp³-hybridized carbons (Fsp3) is 0.636. The molecule has 1 unspecified atom stereocenters. The average Bonchev–Trinajstić information content (AvgIpc) is 2.26. The Bertz CT molecular complexity index is 343. The van der Waals surface area contributed by atoms with Crippen LogP contribution >= 0.6 is 0 Å². The fourth-order valence-corrected chi connectivity index (χ4v) is 1.35. The van der Waals surface area contributed by atoms with Gasteiger partial charge in [-0.25, -0.2) is 9.97 Å². The Morgan fingerprint density at radius 1 is 1.50 bits per heavy atom. The SMILES string of the molecule is CNc1cc(C)nc(CN(C)C(C)CO)n1. The maximum absolute atomic E-state index is 9.04. The monoisotopic (exact) mass is 224 g/mol. The van der Waals surface area contributed by atoms with Crippen molar-refractivity contribution in [2.24, 2.45) is 0 Å². The number of anilines is 1. The van der Waals surface area contributed by atoms with Gasteiger partial charge in [0.15, 0.2) is 0 Å². The fourth-order valence-electron chi connectivity index (χ4n) is 1.35. The van der Waals surface area contributed by atoms with E-state index in [1.165, 1.54) is 0 Å².